The van der Waals surface area contributed by atoms with Crippen LogP contribution in [-0.2, 0) is 11.2 Å². The molecule has 1 aromatic carbocycles. The quantitative estimate of drug-likeness (QED) is 0.668. The molecule has 1 aliphatic rings. The van der Waals surface area contributed by atoms with Crippen LogP contribution in [0.5, 0.6) is 0 Å². The Labute approximate surface area is 158 Å². The number of rotatable bonds is 6. The van der Waals surface area contributed by atoms with Gasteiger partial charge in [0.25, 0.3) is 0 Å². The fourth-order valence-electron chi connectivity index (χ4n) is 3.62. The van der Waals surface area contributed by atoms with Crippen molar-refractivity contribution in [3.8, 4) is 5.69 Å². The number of aromatic nitrogens is 3. The van der Waals surface area contributed by atoms with Gasteiger partial charge in [-0.05, 0) is 69.2 Å². The molecule has 5 heteroatoms. The number of benzene rings is 1. The molecule has 0 saturated heterocycles. The third kappa shape index (κ3) is 3.54. The number of fused-ring (bicyclic) bond motifs is 1. The third-order valence-corrected chi connectivity index (χ3v) is 5.21. The summed E-state index contributed by atoms with van der Waals surface area (Å²) in [7, 11) is 0. The van der Waals surface area contributed by atoms with Crippen molar-refractivity contribution in [1.29, 1.82) is 0 Å². The highest BCUT2D eigenvalue weighted by Gasteiger charge is 2.24. The number of ketones is 1. The maximum atomic E-state index is 13.0. The van der Waals surface area contributed by atoms with Gasteiger partial charge < -0.3 is 4.79 Å². The number of hydrogen-bond donors (Lipinski definition) is 0. The summed E-state index contributed by atoms with van der Waals surface area (Å²) in [5.74, 6) is 0.761. The van der Waals surface area contributed by atoms with E-state index in [1.807, 2.05) is 19.1 Å². The molecule has 3 aromatic rings. The highest BCUT2D eigenvalue weighted by molar-refractivity contribution is 5.84. The molecule has 4 rings (SSSR count). The summed E-state index contributed by atoms with van der Waals surface area (Å²) in [5, 5.41) is 0.978. The summed E-state index contributed by atoms with van der Waals surface area (Å²) in [4.78, 5) is 32.9. The fourth-order valence-corrected chi connectivity index (χ4v) is 3.62. The Bertz CT molecular complexity index is 1080. The Morgan fingerprint density at radius 3 is 2.78 bits per heavy atom. The third-order valence-electron chi connectivity index (χ3n) is 5.21. The number of carbonyl (C=O) groups excluding carboxylic acids is 1. The van der Waals surface area contributed by atoms with Crippen LogP contribution < -0.4 is 5.69 Å². The molecule has 0 N–H and O–H groups in total. The molecular formula is C22H23N3O2. The molecule has 0 amide bonds. The zero-order chi connectivity index (χ0) is 19.0. The van der Waals surface area contributed by atoms with Crippen molar-refractivity contribution in [2.75, 3.05) is 0 Å². The molecule has 138 valence electrons. The predicted molar refractivity (Wildman–Crippen MR) is 105 cm³/mol. The number of aryl methyl sites for hydroxylation is 2. The molecule has 0 aliphatic heterocycles. The monoisotopic (exact) mass is 361 g/mol. The van der Waals surface area contributed by atoms with E-state index < -0.39 is 0 Å². The minimum atomic E-state index is -0.288. The predicted octanol–water partition coefficient (Wildman–Crippen LogP) is 3.88. The number of carbonyl (C=O) groups is 1. The molecule has 0 radical (unpaired) electrons. The van der Waals surface area contributed by atoms with Crippen molar-refractivity contribution < 1.29 is 4.79 Å². The molecule has 27 heavy (non-hydrogen) atoms. The number of Topliss-reactive ketones (excluding diaryl/α,β-unsaturated/α-hetero) is 1. The van der Waals surface area contributed by atoms with Gasteiger partial charge in [-0.25, -0.2) is 4.79 Å². The van der Waals surface area contributed by atoms with E-state index >= 15 is 0 Å². The van der Waals surface area contributed by atoms with E-state index in [4.69, 9.17) is 0 Å². The van der Waals surface area contributed by atoms with E-state index in [9.17, 15) is 9.59 Å². The first kappa shape index (κ1) is 17.6. The Balaban J connectivity index is 1.90. The molecule has 0 atom stereocenters. The Morgan fingerprint density at radius 1 is 1.26 bits per heavy atom. The number of nitrogens with zero attached hydrogens (tertiary/aromatic N) is 3. The van der Waals surface area contributed by atoms with Crippen LogP contribution in [0.1, 0.15) is 55.5 Å². The first-order chi connectivity index (χ1) is 13.0. The first-order valence-electron chi connectivity index (χ1n) is 9.51. The molecule has 1 saturated carbocycles. The normalized spacial score (nSPS) is 13.9. The van der Waals surface area contributed by atoms with Gasteiger partial charge in [-0.3, -0.25) is 9.55 Å². The van der Waals surface area contributed by atoms with Crippen LogP contribution >= 0.6 is 0 Å². The first-order valence-corrected chi connectivity index (χ1v) is 9.51. The zero-order valence-corrected chi connectivity index (χ0v) is 15.7. The number of hydrogen-bond acceptors (Lipinski definition) is 4. The summed E-state index contributed by atoms with van der Waals surface area (Å²) in [5.41, 5.74) is 4.21. The zero-order valence-electron chi connectivity index (χ0n) is 15.7. The van der Waals surface area contributed by atoms with Gasteiger partial charge >= 0.3 is 5.69 Å². The van der Waals surface area contributed by atoms with Crippen molar-refractivity contribution in [1.82, 2.24) is 14.5 Å². The van der Waals surface area contributed by atoms with Gasteiger partial charge in [0.1, 0.15) is 5.78 Å². The summed E-state index contributed by atoms with van der Waals surface area (Å²) < 4.78 is 1.68. The molecule has 2 heterocycles. The summed E-state index contributed by atoms with van der Waals surface area (Å²) in [6, 6.07) is 10.1. The highest BCUT2D eigenvalue weighted by Crippen LogP contribution is 2.41. The second-order valence-electron chi connectivity index (χ2n) is 7.39. The largest absolute Gasteiger partial charge is 0.352 e. The molecule has 0 unspecified atom stereocenters. The van der Waals surface area contributed by atoms with Gasteiger partial charge in [0.05, 0.1) is 22.6 Å². The van der Waals surface area contributed by atoms with Gasteiger partial charge in [0, 0.05) is 18.0 Å². The van der Waals surface area contributed by atoms with Crippen LogP contribution in [0.2, 0.25) is 0 Å². The van der Waals surface area contributed by atoms with E-state index in [1.165, 1.54) is 18.4 Å². The second kappa shape index (κ2) is 7.06. The van der Waals surface area contributed by atoms with Crippen molar-refractivity contribution in [2.24, 2.45) is 0 Å². The molecule has 0 bridgehead atoms. The van der Waals surface area contributed by atoms with Crippen molar-refractivity contribution in [3.05, 3.63) is 64.0 Å². The van der Waals surface area contributed by atoms with Gasteiger partial charge in [0.2, 0.25) is 0 Å². The fraction of sp³-hybridized carbons (Fsp3) is 0.364. The molecule has 0 spiro atoms. The smallest absolute Gasteiger partial charge is 0.300 e. The summed E-state index contributed by atoms with van der Waals surface area (Å²) >= 11 is 0. The maximum Gasteiger partial charge on any atom is 0.352 e. The van der Waals surface area contributed by atoms with E-state index in [-0.39, 0.29) is 11.5 Å². The van der Waals surface area contributed by atoms with Crippen molar-refractivity contribution in [2.45, 2.75) is 51.9 Å². The van der Waals surface area contributed by atoms with Gasteiger partial charge in [-0.1, -0.05) is 12.1 Å². The highest BCUT2D eigenvalue weighted by atomic mass is 16.1. The lowest BCUT2D eigenvalue weighted by atomic mass is 10.0. The molecule has 1 fully saturated rings. The average molecular weight is 361 g/mol. The second-order valence-corrected chi connectivity index (χ2v) is 7.39. The topological polar surface area (TPSA) is 64.8 Å². The standard InChI is InChI=1S/C22H23N3O2/c1-14(26)5-3-6-19-18-11-10-17(16-8-9-16)13-21(18)25(22(27)24-19)20-7-4-12-23-15(20)2/h4,7,10-13,16H,3,5-6,8-9H2,1-2H3. The molecular weight excluding hydrogens is 338 g/mol. The minimum Gasteiger partial charge on any atom is -0.300 e. The van der Waals surface area contributed by atoms with Gasteiger partial charge in [-0.15, -0.1) is 0 Å². The molecule has 5 nitrogen and oxygen atoms in total. The lowest BCUT2D eigenvalue weighted by molar-refractivity contribution is -0.117. The summed E-state index contributed by atoms with van der Waals surface area (Å²) in [6.07, 6.45) is 5.98. The Morgan fingerprint density at radius 2 is 2.07 bits per heavy atom. The van der Waals surface area contributed by atoms with Crippen LogP contribution in [0.25, 0.3) is 16.6 Å². The van der Waals surface area contributed by atoms with E-state index in [0.29, 0.717) is 25.2 Å². The van der Waals surface area contributed by atoms with E-state index in [0.717, 1.165) is 28.0 Å². The number of pyridine rings is 1. The van der Waals surface area contributed by atoms with Gasteiger partial charge in [-0.2, -0.15) is 4.98 Å². The van der Waals surface area contributed by atoms with Crippen LogP contribution in [0.3, 0.4) is 0 Å². The van der Waals surface area contributed by atoms with Crippen molar-refractivity contribution >= 4 is 16.7 Å². The van der Waals surface area contributed by atoms with E-state index in [1.54, 1.807) is 17.7 Å². The summed E-state index contributed by atoms with van der Waals surface area (Å²) in [6.45, 7) is 3.50. The Hall–Kier alpha value is -2.82. The maximum absolute atomic E-state index is 13.0. The minimum absolute atomic E-state index is 0.162. The Kier molecular flexibility index (Phi) is 4.60. The van der Waals surface area contributed by atoms with Crippen LogP contribution in [0.15, 0.2) is 41.3 Å². The molecule has 2 aromatic heterocycles. The van der Waals surface area contributed by atoms with Crippen LogP contribution in [-0.4, -0.2) is 20.3 Å². The van der Waals surface area contributed by atoms with Crippen molar-refractivity contribution in [3.63, 3.8) is 0 Å². The SMILES string of the molecule is CC(=O)CCCc1nc(=O)n(-c2cccnc2C)c2cc(C3CC3)ccc12. The van der Waals surface area contributed by atoms with E-state index in [2.05, 4.69) is 28.2 Å². The average Bonchev–Trinajstić information content (AvgIpc) is 3.47. The van der Waals surface area contributed by atoms with Crippen LogP contribution in [0.4, 0.5) is 0 Å². The lowest BCUT2D eigenvalue weighted by Crippen LogP contribution is -2.24. The molecule has 1 aliphatic carbocycles. The van der Waals surface area contributed by atoms with Crippen LogP contribution in [0, 0.1) is 6.92 Å². The van der Waals surface area contributed by atoms with Gasteiger partial charge in [0.15, 0.2) is 0 Å². The lowest BCUT2D eigenvalue weighted by Gasteiger charge is -2.15.